The second-order valence-electron chi connectivity index (χ2n) is 5.39. The highest BCUT2D eigenvalue weighted by molar-refractivity contribution is 8.13. The van der Waals surface area contributed by atoms with Gasteiger partial charge in [0.15, 0.2) is 8.32 Å². The zero-order valence-corrected chi connectivity index (χ0v) is 12.9. The first-order chi connectivity index (χ1) is 6.35. The van der Waals surface area contributed by atoms with Crippen LogP contribution in [0.4, 0.5) is 0 Å². The molecule has 0 rings (SSSR count). The van der Waals surface area contributed by atoms with Crippen LogP contribution in [0.5, 0.6) is 0 Å². The highest BCUT2D eigenvalue weighted by atomic mass is 35.7. The molecule has 1 atom stereocenters. The molecule has 0 bridgehead atoms. The fraction of sp³-hybridized carbons (Fsp3) is 1.00. The maximum absolute atomic E-state index is 10.9. The van der Waals surface area contributed by atoms with E-state index in [1.54, 1.807) is 6.92 Å². The van der Waals surface area contributed by atoms with E-state index in [0.29, 0.717) is 0 Å². The number of halogens is 1. The summed E-state index contributed by atoms with van der Waals surface area (Å²) in [5, 5.41) is 0.0807. The Morgan fingerprint density at radius 1 is 1.33 bits per heavy atom. The SMILES string of the molecule is C[C@@H](CS(=O)(=O)Cl)O[Si](C)(C)C(C)(C)C. The normalized spacial score (nSPS) is 16.5. The summed E-state index contributed by atoms with van der Waals surface area (Å²) >= 11 is 0. The van der Waals surface area contributed by atoms with Crippen molar-refractivity contribution in [1.29, 1.82) is 0 Å². The van der Waals surface area contributed by atoms with Gasteiger partial charge in [0.2, 0.25) is 9.05 Å². The molecule has 0 heterocycles. The van der Waals surface area contributed by atoms with Gasteiger partial charge in [0.1, 0.15) is 0 Å². The van der Waals surface area contributed by atoms with E-state index < -0.39 is 17.4 Å². The van der Waals surface area contributed by atoms with E-state index in [9.17, 15) is 8.42 Å². The summed E-state index contributed by atoms with van der Waals surface area (Å²) in [4.78, 5) is 0. The van der Waals surface area contributed by atoms with Gasteiger partial charge >= 0.3 is 0 Å². The van der Waals surface area contributed by atoms with Gasteiger partial charge in [-0.05, 0) is 25.1 Å². The molecule has 0 saturated heterocycles. The summed E-state index contributed by atoms with van der Waals surface area (Å²) in [6, 6.07) is 0. The van der Waals surface area contributed by atoms with E-state index in [1.807, 2.05) is 0 Å². The van der Waals surface area contributed by atoms with Gasteiger partial charge < -0.3 is 4.43 Å². The van der Waals surface area contributed by atoms with Gasteiger partial charge in [0, 0.05) is 10.7 Å². The lowest BCUT2D eigenvalue weighted by Crippen LogP contribution is -2.44. The van der Waals surface area contributed by atoms with Crippen LogP contribution in [0.25, 0.3) is 0 Å². The lowest BCUT2D eigenvalue weighted by atomic mass is 10.2. The van der Waals surface area contributed by atoms with Crippen molar-refractivity contribution >= 4 is 28.1 Å². The maximum Gasteiger partial charge on any atom is 0.235 e. The third-order valence-electron chi connectivity index (χ3n) is 2.74. The summed E-state index contributed by atoms with van der Waals surface area (Å²) in [7, 11) is -0.184. The van der Waals surface area contributed by atoms with Crippen molar-refractivity contribution in [3.63, 3.8) is 0 Å². The Kier molecular flexibility index (Phi) is 4.86. The first kappa shape index (κ1) is 15.4. The van der Waals surface area contributed by atoms with E-state index in [4.69, 9.17) is 15.1 Å². The molecule has 6 heteroatoms. The Labute approximate surface area is 98.7 Å². The van der Waals surface area contributed by atoms with Crippen molar-refractivity contribution in [1.82, 2.24) is 0 Å². The molecule has 0 aromatic rings. The van der Waals surface area contributed by atoms with Crippen molar-refractivity contribution in [2.45, 2.75) is 51.9 Å². The zero-order chi connectivity index (χ0) is 12.5. The third kappa shape index (κ3) is 5.90. The minimum atomic E-state index is -3.47. The molecule has 0 saturated carbocycles. The van der Waals surface area contributed by atoms with Crippen molar-refractivity contribution in [2.75, 3.05) is 5.75 Å². The van der Waals surface area contributed by atoms with Gasteiger partial charge in [0.05, 0.1) is 11.9 Å². The molecule has 3 nitrogen and oxygen atoms in total. The molecule has 0 aromatic carbocycles. The lowest BCUT2D eigenvalue weighted by Gasteiger charge is -2.38. The van der Waals surface area contributed by atoms with Crippen LogP contribution >= 0.6 is 10.7 Å². The van der Waals surface area contributed by atoms with Gasteiger partial charge in [-0.15, -0.1) is 0 Å². The fourth-order valence-electron chi connectivity index (χ4n) is 0.994. The van der Waals surface area contributed by atoms with Crippen LogP contribution in [-0.2, 0) is 13.5 Å². The van der Waals surface area contributed by atoms with Crippen LogP contribution in [0.2, 0.25) is 18.1 Å². The predicted octanol–water partition coefficient (Wildman–Crippen LogP) is 2.97. The first-order valence-electron chi connectivity index (χ1n) is 4.95. The van der Waals surface area contributed by atoms with Crippen LogP contribution < -0.4 is 0 Å². The quantitative estimate of drug-likeness (QED) is 0.584. The lowest BCUT2D eigenvalue weighted by molar-refractivity contribution is 0.220. The van der Waals surface area contributed by atoms with E-state index in [0.717, 1.165) is 0 Å². The summed E-state index contributed by atoms with van der Waals surface area (Å²) in [6.07, 6.45) is -0.339. The highest BCUT2D eigenvalue weighted by Gasteiger charge is 2.38. The number of rotatable bonds is 4. The molecule has 15 heavy (non-hydrogen) atoms. The van der Waals surface area contributed by atoms with E-state index in [1.165, 1.54) is 0 Å². The molecular weight excluding hydrogens is 252 g/mol. The van der Waals surface area contributed by atoms with Crippen molar-refractivity contribution in [3.8, 4) is 0 Å². The standard InChI is InChI=1S/C9H21ClO3SSi/c1-8(7-14(10,11)12)13-15(5,6)9(2,3)4/h8H,7H2,1-6H3/t8-/m0/s1. The Morgan fingerprint density at radius 3 is 2.00 bits per heavy atom. The van der Waals surface area contributed by atoms with Crippen LogP contribution in [0.3, 0.4) is 0 Å². The molecule has 0 amide bonds. The summed E-state index contributed by atoms with van der Waals surface area (Å²) in [6.45, 7) is 12.3. The van der Waals surface area contributed by atoms with Crippen LogP contribution in [0.15, 0.2) is 0 Å². The summed E-state index contributed by atoms with van der Waals surface area (Å²) in [5.74, 6) is -0.124. The summed E-state index contributed by atoms with van der Waals surface area (Å²) < 4.78 is 27.6. The molecule has 0 unspecified atom stereocenters. The molecule has 0 aromatic heterocycles. The van der Waals surface area contributed by atoms with E-state index in [-0.39, 0.29) is 16.9 Å². The van der Waals surface area contributed by atoms with E-state index in [2.05, 4.69) is 33.9 Å². The molecule has 92 valence electrons. The fourth-order valence-corrected chi connectivity index (χ4v) is 3.72. The largest absolute Gasteiger partial charge is 0.413 e. The zero-order valence-electron chi connectivity index (χ0n) is 10.3. The Bertz CT molecular complexity index is 306. The topological polar surface area (TPSA) is 43.4 Å². The second-order valence-corrected chi connectivity index (χ2v) is 13.0. The average molecular weight is 273 g/mol. The average Bonchev–Trinajstić information content (AvgIpc) is 1.75. The smallest absolute Gasteiger partial charge is 0.235 e. The Balaban J connectivity index is 4.49. The van der Waals surface area contributed by atoms with Crippen molar-refractivity contribution in [3.05, 3.63) is 0 Å². The van der Waals surface area contributed by atoms with Crippen LogP contribution in [-0.4, -0.2) is 28.6 Å². The molecule has 0 aliphatic carbocycles. The van der Waals surface area contributed by atoms with Gasteiger partial charge in [0.25, 0.3) is 0 Å². The molecule has 0 aliphatic heterocycles. The van der Waals surface area contributed by atoms with Crippen LogP contribution in [0, 0.1) is 0 Å². The minimum absolute atomic E-state index is 0.0807. The highest BCUT2D eigenvalue weighted by Crippen LogP contribution is 2.37. The number of hydrogen-bond donors (Lipinski definition) is 0. The monoisotopic (exact) mass is 272 g/mol. The van der Waals surface area contributed by atoms with Gasteiger partial charge in [-0.2, -0.15) is 0 Å². The van der Waals surface area contributed by atoms with Gasteiger partial charge in [-0.25, -0.2) is 8.42 Å². The molecule has 0 spiro atoms. The molecule has 0 N–H and O–H groups in total. The first-order valence-corrected chi connectivity index (χ1v) is 10.3. The molecule has 0 fully saturated rings. The van der Waals surface area contributed by atoms with Crippen LogP contribution in [0.1, 0.15) is 27.7 Å². The predicted molar refractivity (Wildman–Crippen MR) is 67.4 cm³/mol. The van der Waals surface area contributed by atoms with Gasteiger partial charge in [-0.3, -0.25) is 0 Å². The molecule has 0 radical (unpaired) electrons. The molecule has 0 aliphatic rings. The van der Waals surface area contributed by atoms with Crippen molar-refractivity contribution in [2.24, 2.45) is 0 Å². The second kappa shape index (κ2) is 4.73. The minimum Gasteiger partial charge on any atom is -0.413 e. The number of hydrogen-bond acceptors (Lipinski definition) is 3. The Morgan fingerprint density at radius 2 is 1.73 bits per heavy atom. The third-order valence-corrected chi connectivity index (χ3v) is 8.59. The maximum atomic E-state index is 10.9. The molecular formula is C9H21ClO3SSi. The van der Waals surface area contributed by atoms with Crippen molar-refractivity contribution < 1.29 is 12.8 Å². The van der Waals surface area contributed by atoms with E-state index >= 15 is 0 Å². The van der Waals surface area contributed by atoms with Gasteiger partial charge in [-0.1, -0.05) is 20.8 Å². The Hall–Kier alpha value is 0.417. The summed E-state index contributed by atoms with van der Waals surface area (Å²) in [5.41, 5.74) is 0.